The molecular weight excluding hydrogens is 480 g/mol. The van der Waals surface area contributed by atoms with Gasteiger partial charge in [0.2, 0.25) is 11.8 Å². The fraction of sp³-hybridized carbons (Fsp3) is 0.789. The lowest BCUT2D eigenvalue weighted by atomic mass is 9.97. The van der Waals surface area contributed by atoms with Crippen LogP contribution in [0.25, 0.3) is 0 Å². The van der Waals surface area contributed by atoms with Gasteiger partial charge in [0, 0.05) is 12.2 Å². The van der Waals surface area contributed by atoms with E-state index in [-0.39, 0.29) is 24.7 Å². The van der Waals surface area contributed by atoms with Gasteiger partial charge in [0.25, 0.3) is 0 Å². The van der Waals surface area contributed by atoms with Crippen LogP contribution in [0.4, 0.5) is 0 Å². The van der Waals surface area contributed by atoms with Crippen molar-refractivity contribution in [2.45, 2.75) is 67.0 Å². The number of carbonyl (C=O) groups excluding carboxylic acids is 2. The molecule has 2 rings (SSSR count). The Kier molecular flexibility index (Phi) is 11.6. The molecule has 2 aliphatic rings. The van der Waals surface area contributed by atoms with Gasteiger partial charge >= 0.3 is 0 Å². The molecule has 0 radical (unpaired) electrons. The Morgan fingerprint density at radius 3 is 2.21 bits per heavy atom. The summed E-state index contributed by atoms with van der Waals surface area (Å²) in [4.78, 5) is 22.9. The molecule has 14 nitrogen and oxygen atoms in total. The minimum Gasteiger partial charge on any atom is -0.394 e. The van der Waals surface area contributed by atoms with E-state index in [4.69, 9.17) is 14.2 Å². The maximum atomic E-state index is 11.8. The summed E-state index contributed by atoms with van der Waals surface area (Å²) in [6, 6.07) is 0. The first-order chi connectivity index (χ1) is 16.1. The fourth-order valence-electron chi connectivity index (χ4n) is 3.35. The Balaban J connectivity index is 1.89. The van der Waals surface area contributed by atoms with Crippen molar-refractivity contribution in [1.82, 2.24) is 10.6 Å². The Labute approximate surface area is 199 Å². The quantitative estimate of drug-likeness (QED) is 0.0935. The van der Waals surface area contributed by atoms with Crippen LogP contribution < -0.4 is 10.6 Å². The van der Waals surface area contributed by atoms with Gasteiger partial charge in [-0.2, -0.15) is 0 Å². The van der Waals surface area contributed by atoms with E-state index in [0.717, 1.165) is 17.8 Å². The van der Waals surface area contributed by atoms with Crippen molar-refractivity contribution < 1.29 is 59.5 Å². The summed E-state index contributed by atoms with van der Waals surface area (Å²) in [6.07, 6.45) is -12.6. The predicted octanol–water partition coefficient (Wildman–Crippen LogP) is -4.89. The number of hydrogen-bond acceptors (Lipinski definition) is 13. The molecule has 9 N–H and O–H groups in total. The monoisotopic (exact) mass is 512 g/mol. The van der Waals surface area contributed by atoms with Gasteiger partial charge < -0.3 is 60.6 Å². The van der Waals surface area contributed by atoms with Crippen molar-refractivity contribution in [2.75, 3.05) is 25.6 Å². The van der Waals surface area contributed by atoms with Crippen LogP contribution in [-0.2, 0) is 23.8 Å². The second-order valence-corrected chi connectivity index (χ2v) is 8.85. The van der Waals surface area contributed by atoms with E-state index in [2.05, 4.69) is 17.2 Å². The number of nitrogens with one attached hydrogen (secondary N) is 2. The molecule has 15 heteroatoms. The largest absolute Gasteiger partial charge is 0.394 e. The number of hydrogen-bond donors (Lipinski definition) is 9. The van der Waals surface area contributed by atoms with Crippen molar-refractivity contribution in [1.29, 1.82) is 0 Å². The van der Waals surface area contributed by atoms with Gasteiger partial charge in [-0.3, -0.25) is 9.59 Å². The van der Waals surface area contributed by atoms with Crippen LogP contribution in [0, 0.1) is 0 Å². The van der Waals surface area contributed by atoms with Crippen molar-refractivity contribution >= 4 is 23.6 Å². The molecule has 0 aromatic rings. The van der Waals surface area contributed by atoms with Crippen molar-refractivity contribution in [2.24, 2.45) is 0 Å². The average molecular weight is 513 g/mol. The molecule has 34 heavy (non-hydrogen) atoms. The van der Waals surface area contributed by atoms with Crippen LogP contribution in [-0.4, -0.2) is 134 Å². The predicted molar refractivity (Wildman–Crippen MR) is 115 cm³/mol. The summed E-state index contributed by atoms with van der Waals surface area (Å²) >= 11 is 1.00. The van der Waals surface area contributed by atoms with Gasteiger partial charge in [-0.1, -0.05) is 6.58 Å². The summed E-state index contributed by atoms with van der Waals surface area (Å²) in [7, 11) is 0. The zero-order chi connectivity index (χ0) is 25.4. The minimum absolute atomic E-state index is 0.00584. The zero-order valence-electron chi connectivity index (χ0n) is 18.2. The Bertz CT molecular complexity index is 684. The number of thioether (sulfide) groups is 1. The first kappa shape index (κ1) is 28.9. The van der Waals surface area contributed by atoms with Crippen LogP contribution in [0.5, 0.6) is 0 Å². The van der Waals surface area contributed by atoms with E-state index in [0.29, 0.717) is 0 Å². The van der Waals surface area contributed by atoms with Crippen LogP contribution in [0.2, 0.25) is 0 Å². The number of ether oxygens (including phenoxy) is 3. The topological polar surface area (TPSA) is 227 Å². The number of carbonyl (C=O) groups is 2. The highest BCUT2D eigenvalue weighted by atomic mass is 32.2. The lowest BCUT2D eigenvalue weighted by molar-refractivity contribution is -0.338. The first-order valence-corrected chi connectivity index (χ1v) is 11.6. The molecule has 2 saturated heterocycles. The highest BCUT2D eigenvalue weighted by Crippen LogP contribution is 2.32. The van der Waals surface area contributed by atoms with E-state index in [9.17, 15) is 45.3 Å². The molecule has 0 spiro atoms. The highest BCUT2D eigenvalue weighted by Gasteiger charge is 2.50. The average Bonchev–Trinajstić information content (AvgIpc) is 2.83. The smallest absolute Gasteiger partial charge is 0.244 e. The molecule has 2 aliphatic heterocycles. The van der Waals surface area contributed by atoms with Crippen LogP contribution in [0.1, 0.15) is 6.42 Å². The summed E-state index contributed by atoms with van der Waals surface area (Å²) < 4.78 is 16.3. The standard InChI is InChI=1S/C19H32N2O12S/c1-2-10(24)20-7-21-11(25)3-4-34-19-16(30)14(28)17(9(6-23)32-19)33-18-15(29)13(27)12(26)8(5-22)31-18/h2,8-9,12-19,22-23,26-30H,1,3-7H2,(H,20,24)(H,21,25)/t8-,9-,12+,13+,14-,15-,16-,17-,18+,19+/m1/s1. The minimum atomic E-state index is -1.75. The first-order valence-electron chi connectivity index (χ1n) is 10.5. The van der Waals surface area contributed by atoms with Gasteiger partial charge in [-0.25, -0.2) is 0 Å². The van der Waals surface area contributed by atoms with Gasteiger partial charge in [0.15, 0.2) is 6.29 Å². The molecule has 10 atom stereocenters. The van der Waals surface area contributed by atoms with Gasteiger partial charge in [0.1, 0.15) is 54.3 Å². The summed E-state index contributed by atoms with van der Waals surface area (Å²) in [5.41, 5.74) is -1.03. The molecule has 2 heterocycles. The number of aliphatic hydroxyl groups is 7. The van der Waals surface area contributed by atoms with E-state index in [1.807, 2.05) is 0 Å². The molecule has 0 bridgehead atoms. The molecule has 0 aliphatic carbocycles. The lowest BCUT2D eigenvalue weighted by Gasteiger charge is -2.46. The number of amides is 2. The van der Waals surface area contributed by atoms with Crippen LogP contribution >= 0.6 is 11.8 Å². The number of rotatable bonds is 11. The molecule has 196 valence electrons. The molecule has 0 saturated carbocycles. The number of aliphatic hydroxyl groups excluding tert-OH is 7. The molecular formula is C19H32N2O12S. The SMILES string of the molecule is C=CC(=O)NCNC(=O)CCS[C@@H]1O[C@H](CO)[C@@H](O[C@@H]2O[C@H](CO)[C@H](O)[C@H](O)[C@H]2O)[C@H](O)[C@H]1O. The molecule has 0 aromatic carbocycles. The van der Waals surface area contributed by atoms with E-state index >= 15 is 0 Å². The lowest BCUT2D eigenvalue weighted by Crippen LogP contribution is -2.64. The zero-order valence-corrected chi connectivity index (χ0v) is 19.0. The van der Waals surface area contributed by atoms with E-state index in [1.54, 1.807) is 0 Å². The van der Waals surface area contributed by atoms with Gasteiger partial charge in [-0.05, 0) is 6.08 Å². The maximum absolute atomic E-state index is 11.8. The Morgan fingerprint density at radius 2 is 1.59 bits per heavy atom. The van der Waals surface area contributed by atoms with E-state index < -0.39 is 79.7 Å². The maximum Gasteiger partial charge on any atom is 0.244 e. The van der Waals surface area contributed by atoms with Crippen LogP contribution in [0.3, 0.4) is 0 Å². The molecule has 2 fully saturated rings. The van der Waals surface area contributed by atoms with Crippen molar-refractivity contribution in [3.05, 3.63) is 12.7 Å². The third kappa shape index (κ3) is 7.32. The summed E-state index contributed by atoms with van der Waals surface area (Å²) in [6.45, 7) is 1.86. The Hall–Kier alpha value is -1.37. The Morgan fingerprint density at radius 1 is 0.912 bits per heavy atom. The second kappa shape index (κ2) is 13.6. The van der Waals surface area contributed by atoms with E-state index in [1.165, 1.54) is 0 Å². The fourth-order valence-corrected chi connectivity index (χ4v) is 4.47. The molecule has 0 aromatic heterocycles. The van der Waals surface area contributed by atoms with Gasteiger partial charge in [-0.15, -0.1) is 11.8 Å². The van der Waals surface area contributed by atoms with Gasteiger partial charge in [0.05, 0.1) is 19.9 Å². The van der Waals surface area contributed by atoms with Crippen LogP contribution in [0.15, 0.2) is 12.7 Å². The normalized spacial score (nSPS) is 38.2. The molecule has 0 unspecified atom stereocenters. The highest BCUT2D eigenvalue weighted by molar-refractivity contribution is 7.99. The van der Waals surface area contributed by atoms with Crippen molar-refractivity contribution in [3.63, 3.8) is 0 Å². The summed E-state index contributed by atoms with van der Waals surface area (Å²) in [5.74, 6) is -0.658. The third-order valence-corrected chi connectivity index (χ3v) is 6.46. The molecule has 2 amide bonds. The summed E-state index contributed by atoms with van der Waals surface area (Å²) in [5, 5.41) is 74.7. The second-order valence-electron chi connectivity index (χ2n) is 7.65. The van der Waals surface area contributed by atoms with Crippen molar-refractivity contribution in [3.8, 4) is 0 Å². The third-order valence-electron chi connectivity index (χ3n) is 5.31.